The van der Waals surface area contributed by atoms with Gasteiger partial charge in [-0.2, -0.15) is 0 Å². The van der Waals surface area contributed by atoms with E-state index in [2.05, 4.69) is 5.32 Å². The fraction of sp³-hybridized carbons (Fsp3) is 0.917. The average Bonchev–Trinajstić information content (AvgIpc) is 3.08. The van der Waals surface area contributed by atoms with Gasteiger partial charge in [0, 0.05) is 19.6 Å². The molecule has 15 heavy (non-hydrogen) atoms. The number of hydrogen-bond donors (Lipinski definition) is 1. The summed E-state index contributed by atoms with van der Waals surface area (Å²) < 4.78 is 0. The first-order valence-electron chi connectivity index (χ1n) is 6.24. The van der Waals surface area contributed by atoms with Crippen molar-refractivity contribution in [2.45, 2.75) is 39.5 Å². The Morgan fingerprint density at radius 1 is 1.33 bits per heavy atom. The second-order valence-electron chi connectivity index (χ2n) is 4.97. The van der Waals surface area contributed by atoms with Gasteiger partial charge in [0.1, 0.15) is 0 Å². The molecule has 2 amide bonds. The lowest BCUT2D eigenvalue weighted by Crippen LogP contribution is -2.42. The third kappa shape index (κ3) is 2.27. The molecule has 1 N–H and O–H groups in total. The molecule has 0 aromatic heterocycles. The van der Waals surface area contributed by atoms with Gasteiger partial charge in [0.25, 0.3) is 0 Å². The molecule has 3 heteroatoms. The monoisotopic (exact) mass is 210 g/mol. The first-order valence-corrected chi connectivity index (χ1v) is 6.24. The van der Waals surface area contributed by atoms with Gasteiger partial charge in [0.2, 0.25) is 0 Å². The van der Waals surface area contributed by atoms with Gasteiger partial charge in [0.05, 0.1) is 0 Å². The van der Waals surface area contributed by atoms with E-state index in [1.807, 2.05) is 18.7 Å². The number of nitrogens with one attached hydrogen (secondary N) is 1. The molecule has 0 aromatic carbocycles. The predicted molar refractivity (Wildman–Crippen MR) is 60.7 cm³/mol. The van der Waals surface area contributed by atoms with Crippen molar-refractivity contribution in [1.29, 1.82) is 0 Å². The number of rotatable bonds is 5. The summed E-state index contributed by atoms with van der Waals surface area (Å²) in [5.41, 5.74) is 0.517. The Labute approximate surface area is 92.2 Å². The van der Waals surface area contributed by atoms with Crippen molar-refractivity contribution in [2.24, 2.45) is 11.3 Å². The summed E-state index contributed by atoms with van der Waals surface area (Å²) in [7, 11) is 0. The summed E-state index contributed by atoms with van der Waals surface area (Å²) in [5, 5.41) is 3.10. The molecule has 2 rings (SSSR count). The maximum Gasteiger partial charge on any atom is 0.317 e. The van der Waals surface area contributed by atoms with Crippen LogP contribution in [0.1, 0.15) is 39.5 Å². The van der Waals surface area contributed by atoms with Gasteiger partial charge in [-0.25, -0.2) is 4.79 Å². The van der Waals surface area contributed by atoms with Crippen LogP contribution in [0.25, 0.3) is 0 Å². The molecule has 0 aliphatic heterocycles. The van der Waals surface area contributed by atoms with Crippen LogP contribution in [0.4, 0.5) is 4.79 Å². The number of hydrogen-bond acceptors (Lipinski definition) is 1. The third-order valence-electron chi connectivity index (χ3n) is 3.98. The fourth-order valence-corrected chi connectivity index (χ4v) is 2.46. The van der Waals surface area contributed by atoms with Crippen LogP contribution < -0.4 is 5.32 Å². The lowest BCUT2D eigenvalue weighted by Gasteiger charge is -2.22. The SMILES string of the molecule is CCN(CC)C(=O)NCC1(C2CC2)CC1. The lowest BCUT2D eigenvalue weighted by molar-refractivity contribution is 0.199. The summed E-state index contributed by atoms with van der Waals surface area (Å²) in [4.78, 5) is 13.6. The molecule has 3 nitrogen and oxygen atoms in total. The molecule has 0 unspecified atom stereocenters. The van der Waals surface area contributed by atoms with Crippen molar-refractivity contribution in [3.05, 3.63) is 0 Å². The first kappa shape index (κ1) is 10.8. The molecule has 2 aliphatic rings. The molecular weight excluding hydrogens is 188 g/mol. The second-order valence-corrected chi connectivity index (χ2v) is 4.97. The zero-order chi connectivity index (χ0) is 10.9. The molecule has 2 aliphatic carbocycles. The Morgan fingerprint density at radius 2 is 1.93 bits per heavy atom. The Hall–Kier alpha value is -0.730. The van der Waals surface area contributed by atoms with Gasteiger partial charge in [-0.15, -0.1) is 0 Å². The normalized spacial score (nSPS) is 22.3. The summed E-state index contributed by atoms with van der Waals surface area (Å²) in [6.07, 6.45) is 5.44. The molecule has 0 spiro atoms. The van der Waals surface area contributed by atoms with Crippen LogP contribution in [0.3, 0.4) is 0 Å². The lowest BCUT2D eigenvalue weighted by atomic mass is 10.0. The smallest absolute Gasteiger partial charge is 0.317 e. The van der Waals surface area contributed by atoms with Gasteiger partial charge < -0.3 is 10.2 Å². The van der Waals surface area contributed by atoms with Gasteiger partial charge in [-0.1, -0.05) is 0 Å². The minimum Gasteiger partial charge on any atom is -0.337 e. The highest BCUT2D eigenvalue weighted by atomic mass is 16.2. The first-order chi connectivity index (χ1) is 7.22. The summed E-state index contributed by atoms with van der Waals surface area (Å²) in [5.74, 6) is 0.925. The van der Waals surface area contributed by atoms with E-state index < -0.39 is 0 Å². The van der Waals surface area contributed by atoms with Crippen LogP contribution in [-0.2, 0) is 0 Å². The van der Waals surface area contributed by atoms with E-state index in [9.17, 15) is 4.79 Å². The van der Waals surface area contributed by atoms with E-state index in [4.69, 9.17) is 0 Å². The Morgan fingerprint density at radius 3 is 2.33 bits per heavy atom. The molecular formula is C12H22N2O. The summed E-state index contributed by atoms with van der Waals surface area (Å²) in [6, 6.07) is 0.118. The van der Waals surface area contributed by atoms with Crippen molar-refractivity contribution in [3.8, 4) is 0 Å². The van der Waals surface area contributed by atoms with Crippen LogP contribution in [-0.4, -0.2) is 30.6 Å². The molecule has 86 valence electrons. The number of carbonyl (C=O) groups excluding carboxylic acids is 1. The predicted octanol–water partition coefficient (Wildman–Crippen LogP) is 2.23. The zero-order valence-corrected chi connectivity index (χ0v) is 9.88. The number of amides is 2. The largest absolute Gasteiger partial charge is 0.337 e. The van der Waals surface area contributed by atoms with E-state index in [1.165, 1.54) is 25.7 Å². The van der Waals surface area contributed by atoms with Crippen molar-refractivity contribution >= 4 is 6.03 Å². The maximum atomic E-state index is 11.7. The average molecular weight is 210 g/mol. The molecule has 2 fully saturated rings. The maximum absolute atomic E-state index is 11.7. The van der Waals surface area contributed by atoms with E-state index in [-0.39, 0.29) is 6.03 Å². The number of nitrogens with zero attached hydrogens (tertiary/aromatic N) is 1. The highest BCUT2D eigenvalue weighted by Crippen LogP contribution is 2.60. The highest BCUT2D eigenvalue weighted by Gasteiger charge is 2.53. The van der Waals surface area contributed by atoms with Crippen molar-refractivity contribution in [2.75, 3.05) is 19.6 Å². The molecule has 0 bridgehead atoms. The molecule has 0 heterocycles. The zero-order valence-electron chi connectivity index (χ0n) is 9.88. The quantitative estimate of drug-likeness (QED) is 0.741. The fourth-order valence-electron chi connectivity index (χ4n) is 2.46. The van der Waals surface area contributed by atoms with E-state index in [1.54, 1.807) is 0 Å². The van der Waals surface area contributed by atoms with Gasteiger partial charge >= 0.3 is 6.03 Å². The van der Waals surface area contributed by atoms with Crippen LogP contribution in [0.15, 0.2) is 0 Å². The van der Waals surface area contributed by atoms with E-state index >= 15 is 0 Å². The molecule has 2 saturated carbocycles. The van der Waals surface area contributed by atoms with Gasteiger partial charge in [-0.3, -0.25) is 0 Å². The number of carbonyl (C=O) groups is 1. The van der Waals surface area contributed by atoms with Crippen LogP contribution >= 0.6 is 0 Å². The standard InChI is InChI=1S/C12H22N2O/c1-3-14(4-2)11(15)13-9-12(7-8-12)10-5-6-10/h10H,3-9H2,1-2H3,(H,13,15). The second kappa shape index (κ2) is 4.03. The van der Waals surface area contributed by atoms with Gasteiger partial charge in [0.15, 0.2) is 0 Å². The van der Waals surface area contributed by atoms with Crippen molar-refractivity contribution in [1.82, 2.24) is 10.2 Å². The summed E-state index contributed by atoms with van der Waals surface area (Å²) in [6.45, 7) is 6.57. The molecule has 0 saturated heterocycles. The van der Waals surface area contributed by atoms with Crippen LogP contribution in [0.5, 0.6) is 0 Å². The van der Waals surface area contributed by atoms with Crippen LogP contribution in [0, 0.1) is 11.3 Å². The van der Waals surface area contributed by atoms with E-state index in [0.717, 1.165) is 25.6 Å². The van der Waals surface area contributed by atoms with E-state index in [0.29, 0.717) is 5.41 Å². The summed E-state index contributed by atoms with van der Waals surface area (Å²) >= 11 is 0. The molecule has 0 atom stereocenters. The molecule has 0 radical (unpaired) electrons. The highest BCUT2D eigenvalue weighted by molar-refractivity contribution is 5.74. The van der Waals surface area contributed by atoms with Crippen molar-refractivity contribution < 1.29 is 4.79 Å². The Kier molecular flexibility index (Phi) is 2.89. The topological polar surface area (TPSA) is 32.3 Å². The minimum absolute atomic E-state index is 0.118. The number of urea groups is 1. The third-order valence-corrected chi connectivity index (χ3v) is 3.98. The van der Waals surface area contributed by atoms with Crippen LogP contribution in [0.2, 0.25) is 0 Å². The van der Waals surface area contributed by atoms with Crippen molar-refractivity contribution in [3.63, 3.8) is 0 Å². The van der Waals surface area contributed by atoms with Gasteiger partial charge in [-0.05, 0) is 50.9 Å². The molecule has 0 aromatic rings. The Bertz CT molecular complexity index is 240. The Balaban J connectivity index is 1.75. The minimum atomic E-state index is 0.118.